The Hall–Kier alpha value is -2.31. The molecule has 0 spiro atoms. The van der Waals surface area contributed by atoms with Gasteiger partial charge in [-0.3, -0.25) is 4.31 Å². The quantitative estimate of drug-likeness (QED) is 0.505. The number of hydrogen-bond donors (Lipinski definition) is 0. The van der Waals surface area contributed by atoms with Gasteiger partial charge in [-0.05, 0) is 61.2 Å². The average Bonchev–Trinajstić information content (AvgIpc) is 3.16. The highest BCUT2D eigenvalue weighted by Crippen LogP contribution is 2.52. The molecule has 1 aliphatic heterocycles. The number of ether oxygens (including phenoxy) is 1. The van der Waals surface area contributed by atoms with Crippen molar-refractivity contribution >= 4 is 27.0 Å². The molecule has 152 valence electrons. The van der Waals surface area contributed by atoms with Crippen molar-refractivity contribution in [3.63, 3.8) is 0 Å². The molecule has 4 nitrogen and oxygen atoms in total. The molecule has 1 atom stereocenters. The van der Waals surface area contributed by atoms with Crippen LogP contribution in [0.5, 0.6) is 5.75 Å². The van der Waals surface area contributed by atoms with Gasteiger partial charge in [0.1, 0.15) is 5.75 Å². The van der Waals surface area contributed by atoms with Crippen molar-refractivity contribution in [3.05, 3.63) is 64.5 Å². The highest BCUT2D eigenvalue weighted by atomic mass is 32.2. The minimum Gasteiger partial charge on any atom is -0.497 e. The van der Waals surface area contributed by atoms with Crippen LogP contribution < -0.4 is 9.04 Å². The van der Waals surface area contributed by atoms with Gasteiger partial charge >= 0.3 is 0 Å². The Morgan fingerprint density at radius 2 is 1.79 bits per heavy atom. The number of nitrogens with zero attached hydrogens (tertiary/aromatic N) is 1. The third-order valence-corrected chi connectivity index (χ3v) is 8.59. The number of anilines is 1. The predicted octanol–water partition coefficient (Wildman–Crippen LogP) is 5.95. The first-order chi connectivity index (χ1) is 13.9. The number of sulfonamides is 1. The highest BCUT2D eigenvalue weighted by Gasteiger charge is 2.39. The summed E-state index contributed by atoms with van der Waals surface area (Å²) in [5.41, 5.74) is 4.22. The second-order valence-electron chi connectivity index (χ2n) is 7.27. The summed E-state index contributed by atoms with van der Waals surface area (Å²) in [7, 11) is -2.15. The maximum absolute atomic E-state index is 13.8. The number of aryl methyl sites for hydroxylation is 2. The van der Waals surface area contributed by atoms with Crippen molar-refractivity contribution in [1.29, 1.82) is 0 Å². The number of benzene rings is 2. The molecule has 4 rings (SSSR count). The number of fused-ring (bicyclic) bond motifs is 3. The molecule has 1 unspecified atom stereocenters. The van der Waals surface area contributed by atoms with Crippen LogP contribution in [0.2, 0.25) is 0 Å². The summed E-state index contributed by atoms with van der Waals surface area (Å²) in [5.74, 6) is 0.639. The van der Waals surface area contributed by atoms with Crippen LogP contribution in [-0.4, -0.2) is 15.5 Å². The molecule has 0 saturated heterocycles. The van der Waals surface area contributed by atoms with E-state index < -0.39 is 10.0 Å². The van der Waals surface area contributed by atoms with Crippen LogP contribution in [0.1, 0.15) is 42.3 Å². The molecule has 2 heterocycles. The lowest BCUT2D eigenvalue weighted by Crippen LogP contribution is -2.37. The Morgan fingerprint density at radius 3 is 2.41 bits per heavy atom. The number of hydrogen-bond acceptors (Lipinski definition) is 4. The monoisotopic (exact) mass is 427 g/mol. The van der Waals surface area contributed by atoms with E-state index in [2.05, 4.69) is 38.1 Å². The zero-order valence-electron chi connectivity index (χ0n) is 17.1. The van der Waals surface area contributed by atoms with E-state index in [0.29, 0.717) is 12.2 Å². The first kappa shape index (κ1) is 20.0. The summed E-state index contributed by atoms with van der Waals surface area (Å²) >= 11 is 1.69. The van der Waals surface area contributed by atoms with Gasteiger partial charge in [-0.1, -0.05) is 37.6 Å². The predicted molar refractivity (Wildman–Crippen MR) is 120 cm³/mol. The smallest absolute Gasteiger partial charge is 0.264 e. The van der Waals surface area contributed by atoms with Crippen molar-refractivity contribution in [2.24, 2.45) is 0 Å². The summed E-state index contributed by atoms with van der Waals surface area (Å²) in [6.45, 7) is 6.23. The Bertz CT molecular complexity index is 1150. The number of rotatable bonds is 5. The van der Waals surface area contributed by atoms with Gasteiger partial charge in [0.15, 0.2) is 0 Å². The topological polar surface area (TPSA) is 46.6 Å². The van der Waals surface area contributed by atoms with Gasteiger partial charge in [0.2, 0.25) is 0 Å². The van der Waals surface area contributed by atoms with Crippen LogP contribution in [-0.2, 0) is 16.4 Å². The van der Waals surface area contributed by atoms with Crippen LogP contribution >= 0.6 is 11.3 Å². The lowest BCUT2D eigenvalue weighted by atomic mass is 9.92. The summed E-state index contributed by atoms with van der Waals surface area (Å²) in [6.07, 6.45) is 1.58. The molecule has 29 heavy (non-hydrogen) atoms. The minimum atomic E-state index is -3.72. The molecule has 1 aliphatic rings. The molecule has 0 radical (unpaired) electrons. The molecule has 0 amide bonds. The van der Waals surface area contributed by atoms with Gasteiger partial charge in [0, 0.05) is 4.88 Å². The molecule has 0 N–H and O–H groups in total. The Kier molecular flexibility index (Phi) is 5.17. The van der Waals surface area contributed by atoms with Crippen molar-refractivity contribution in [1.82, 2.24) is 0 Å². The highest BCUT2D eigenvalue weighted by molar-refractivity contribution is 7.92. The van der Waals surface area contributed by atoms with Gasteiger partial charge in [0.25, 0.3) is 10.0 Å². The van der Waals surface area contributed by atoms with Gasteiger partial charge in [0.05, 0.1) is 28.6 Å². The molecule has 0 aliphatic carbocycles. The minimum absolute atomic E-state index is 0.232. The normalized spacial score (nSPS) is 15.7. The zero-order chi connectivity index (χ0) is 20.8. The van der Waals surface area contributed by atoms with E-state index in [1.807, 2.05) is 6.92 Å². The van der Waals surface area contributed by atoms with Crippen LogP contribution in [0.25, 0.3) is 10.4 Å². The molecular formula is C23H25NO3S2. The third-order valence-electron chi connectivity index (χ3n) is 5.45. The van der Waals surface area contributed by atoms with Crippen LogP contribution in [0.3, 0.4) is 0 Å². The van der Waals surface area contributed by atoms with Gasteiger partial charge in [-0.15, -0.1) is 11.3 Å². The fraction of sp³-hybridized carbons (Fsp3) is 0.304. The van der Waals surface area contributed by atoms with Crippen molar-refractivity contribution in [2.75, 3.05) is 11.4 Å². The maximum atomic E-state index is 13.8. The Labute approximate surface area is 176 Å². The van der Waals surface area contributed by atoms with Gasteiger partial charge in [-0.25, -0.2) is 8.42 Å². The van der Waals surface area contributed by atoms with E-state index >= 15 is 0 Å². The molecular weight excluding hydrogens is 402 g/mol. The lowest BCUT2D eigenvalue weighted by molar-refractivity contribution is 0.414. The Balaban J connectivity index is 1.94. The number of thiophene rings is 1. The zero-order valence-corrected chi connectivity index (χ0v) is 18.7. The first-order valence-corrected chi connectivity index (χ1v) is 12.1. The van der Waals surface area contributed by atoms with Crippen LogP contribution in [0.15, 0.2) is 53.4 Å². The number of methoxy groups -OCH3 is 1. The molecule has 3 aromatic rings. The summed E-state index contributed by atoms with van der Waals surface area (Å²) < 4.78 is 34.4. The second-order valence-corrected chi connectivity index (χ2v) is 10.2. The fourth-order valence-corrected chi connectivity index (χ4v) is 6.85. The largest absolute Gasteiger partial charge is 0.497 e. The molecule has 6 heteroatoms. The van der Waals surface area contributed by atoms with E-state index in [9.17, 15) is 8.42 Å². The molecule has 0 saturated carbocycles. The first-order valence-electron chi connectivity index (χ1n) is 9.82. The van der Waals surface area contributed by atoms with Crippen molar-refractivity contribution in [3.8, 4) is 16.2 Å². The average molecular weight is 428 g/mol. The summed E-state index contributed by atoms with van der Waals surface area (Å²) in [4.78, 5) is 2.51. The van der Waals surface area contributed by atoms with E-state index in [4.69, 9.17) is 4.74 Å². The molecule has 0 fully saturated rings. The van der Waals surface area contributed by atoms with E-state index in [1.165, 1.54) is 10.4 Å². The summed E-state index contributed by atoms with van der Waals surface area (Å²) in [6, 6.07) is 14.8. The third kappa shape index (κ3) is 3.24. The van der Waals surface area contributed by atoms with Crippen molar-refractivity contribution in [2.45, 2.75) is 44.6 Å². The van der Waals surface area contributed by atoms with E-state index in [1.54, 1.807) is 47.0 Å². The van der Waals surface area contributed by atoms with Crippen LogP contribution in [0, 0.1) is 6.92 Å². The maximum Gasteiger partial charge on any atom is 0.264 e. The summed E-state index contributed by atoms with van der Waals surface area (Å²) in [5, 5.41) is 0. The van der Waals surface area contributed by atoms with Crippen molar-refractivity contribution < 1.29 is 13.2 Å². The molecule has 0 bridgehead atoms. The standard InChI is InChI=1S/C23H25NO3S2/c1-5-17-14-22-23(28-17)20-13-15(3)7-12-19(20)21(6-2)24(22)29(25,26)18-10-8-16(27-4)9-11-18/h7-14,21H,5-6H2,1-4H3. The van der Waals surface area contributed by atoms with Gasteiger partial charge < -0.3 is 4.74 Å². The molecule has 2 aromatic carbocycles. The molecule has 1 aromatic heterocycles. The Morgan fingerprint density at radius 1 is 1.07 bits per heavy atom. The van der Waals surface area contributed by atoms with Gasteiger partial charge in [-0.2, -0.15) is 0 Å². The fourth-order valence-electron chi connectivity index (χ4n) is 3.96. The second kappa shape index (κ2) is 7.50. The van der Waals surface area contributed by atoms with E-state index in [-0.39, 0.29) is 10.9 Å². The lowest BCUT2D eigenvalue weighted by Gasteiger charge is -2.37. The van der Waals surface area contributed by atoms with Crippen LogP contribution in [0.4, 0.5) is 5.69 Å². The SMILES string of the molecule is CCc1cc2c(s1)-c1cc(C)ccc1C(CC)N2S(=O)(=O)c1ccc(OC)cc1. The van der Waals surface area contributed by atoms with E-state index in [0.717, 1.165) is 28.1 Å².